The summed E-state index contributed by atoms with van der Waals surface area (Å²) in [4.78, 5) is 16.7. The van der Waals surface area contributed by atoms with Crippen molar-refractivity contribution in [1.82, 2.24) is 10.3 Å². The van der Waals surface area contributed by atoms with E-state index in [4.69, 9.17) is 17.0 Å². The Balaban J connectivity index is 1.88. The van der Waals surface area contributed by atoms with Gasteiger partial charge in [-0.2, -0.15) is 0 Å². The van der Waals surface area contributed by atoms with E-state index < -0.39 is 0 Å². The normalized spacial score (nSPS) is 16.3. The average molecular weight is 334 g/mol. The van der Waals surface area contributed by atoms with Crippen molar-refractivity contribution >= 4 is 51.6 Å². The van der Waals surface area contributed by atoms with Gasteiger partial charge < -0.3 is 10.1 Å². The number of ether oxygens (including phenoxy) is 1. The summed E-state index contributed by atoms with van der Waals surface area (Å²) in [5.41, 5.74) is 1.74. The van der Waals surface area contributed by atoms with Gasteiger partial charge in [-0.15, -0.1) is 11.3 Å². The molecule has 0 atom stereocenters. The second kappa shape index (κ2) is 5.97. The Labute approximate surface area is 135 Å². The van der Waals surface area contributed by atoms with E-state index in [-0.39, 0.29) is 5.91 Å². The summed E-state index contributed by atoms with van der Waals surface area (Å²) in [5.74, 6) is 0.625. The predicted molar refractivity (Wildman–Crippen MR) is 90.4 cm³/mol. The van der Waals surface area contributed by atoms with E-state index in [0.29, 0.717) is 9.23 Å². The summed E-state index contributed by atoms with van der Waals surface area (Å²) < 4.78 is 5.69. The Kier molecular flexibility index (Phi) is 4.05. The summed E-state index contributed by atoms with van der Waals surface area (Å²) in [6.45, 7) is 0. The zero-order valence-corrected chi connectivity index (χ0v) is 13.4. The first kappa shape index (κ1) is 14.2. The summed E-state index contributed by atoms with van der Waals surface area (Å²) in [6, 6.07) is 7.72. The van der Waals surface area contributed by atoms with Crippen molar-refractivity contribution in [2.45, 2.75) is 0 Å². The number of hydrogen-bond acceptors (Lipinski definition) is 6. The number of benzene rings is 1. The number of amides is 1. The fourth-order valence-corrected chi connectivity index (χ4v) is 3.60. The van der Waals surface area contributed by atoms with Crippen LogP contribution in [0.4, 0.5) is 0 Å². The summed E-state index contributed by atoms with van der Waals surface area (Å²) >= 11 is 7.74. The molecule has 3 rings (SSSR count). The largest absolute Gasteiger partial charge is 0.497 e. The zero-order valence-electron chi connectivity index (χ0n) is 11.0. The SMILES string of the molecule is COc1cccc(-c2nc(C=C3SC(=S)NC3=O)cs2)c1. The highest BCUT2D eigenvalue weighted by atomic mass is 32.2. The maximum atomic E-state index is 11.6. The minimum Gasteiger partial charge on any atom is -0.497 e. The number of nitrogens with one attached hydrogen (secondary N) is 1. The topological polar surface area (TPSA) is 51.2 Å². The van der Waals surface area contributed by atoms with Crippen LogP contribution in [0.25, 0.3) is 16.6 Å². The molecule has 7 heteroatoms. The quantitative estimate of drug-likeness (QED) is 0.689. The molecular weight excluding hydrogens is 324 g/mol. The summed E-state index contributed by atoms with van der Waals surface area (Å²) in [7, 11) is 1.63. The number of thiocarbonyl (C=S) groups is 1. The van der Waals surface area contributed by atoms with Crippen molar-refractivity contribution in [2.24, 2.45) is 0 Å². The van der Waals surface area contributed by atoms with Crippen LogP contribution < -0.4 is 10.1 Å². The molecule has 0 aliphatic carbocycles. The molecule has 1 N–H and O–H groups in total. The number of nitrogens with zero attached hydrogens (tertiary/aromatic N) is 1. The third kappa shape index (κ3) is 3.15. The number of methoxy groups -OCH3 is 1. The van der Waals surface area contributed by atoms with Crippen molar-refractivity contribution in [3.8, 4) is 16.3 Å². The average Bonchev–Trinajstić information content (AvgIpc) is 3.06. The molecule has 1 aromatic carbocycles. The first-order chi connectivity index (χ1) is 10.2. The van der Waals surface area contributed by atoms with Crippen LogP contribution in [0, 0.1) is 0 Å². The zero-order chi connectivity index (χ0) is 14.8. The molecule has 0 radical (unpaired) electrons. The van der Waals surface area contributed by atoms with Gasteiger partial charge in [-0.05, 0) is 18.2 Å². The number of rotatable bonds is 3. The smallest absolute Gasteiger partial charge is 0.263 e. The van der Waals surface area contributed by atoms with Gasteiger partial charge in [-0.1, -0.05) is 36.1 Å². The van der Waals surface area contributed by atoms with Gasteiger partial charge >= 0.3 is 0 Å². The van der Waals surface area contributed by atoms with E-state index >= 15 is 0 Å². The van der Waals surface area contributed by atoms with Crippen LogP contribution in [0.2, 0.25) is 0 Å². The van der Waals surface area contributed by atoms with E-state index in [0.717, 1.165) is 22.0 Å². The molecule has 1 amide bonds. The van der Waals surface area contributed by atoms with Gasteiger partial charge in [0.25, 0.3) is 5.91 Å². The number of thioether (sulfide) groups is 1. The van der Waals surface area contributed by atoms with Crippen LogP contribution >= 0.6 is 35.3 Å². The van der Waals surface area contributed by atoms with E-state index in [1.165, 1.54) is 23.1 Å². The van der Waals surface area contributed by atoms with E-state index in [1.54, 1.807) is 13.2 Å². The lowest BCUT2D eigenvalue weighted by Crippen LogP contribution is -2.17. The third-order valence-corrected chi connectivity index (χ3v) is 4.83. The van der Waals surface area contributed by atoms with E-state index in [1.807, 2.05) is 29.6 Å². The fourth-order valence-electron chi connectivity index (χ4n) is 1.80. The standard InChI is InChI=1S/C14H10N2O2S3/c1-18-10-4-2-3-8(5-10)13-15-9(7-20-13)6-11-12(17)16-14(19)21-11/h2-7H,1H3,(H,16,17,19). The van der Waals surface area contributed by atoms with Crippen molar-refractivity contribution in [1.29, 1.82) is 0 Å². The Morgan fingerprint density at radius 1 is 1.43 bits per heavy atom. The lowest BCUT2D eigenvalue weighted by atomic mass is 10.2. The van der Waals surface area contributed by atoms with E-state index in [9.17, 15) is 4.79 Å². The number of carbonyl (C=O) groups is 1. The van der Waals surface area contributed by atoms with Crippen molar-refractivity contribution in [3.05, 3.63) is 40.2 Å². The Hall–Kier alpha value is -1.70. The molecule has 1 aromatic heterocycles. The minimum atomic E-state index is -0.166. The van der Waals surface area contributed by atoms with Crippen LogP contribution in [0.5, 0.6) is 5.75 Å². The van der Waals surface area contributed by atoms with Gasteiger partial charge in [-0.3, -0.25) is 4.79 Å². The number of thiazole rings is 1. The monoisotopic (exact) mass is 334 g/mol. The van der Waals surface area contributed by atoms with Crippen LogP contribution in [0.3, 0.4) is 0 Å². The van der Waals surface area contributed by atoms with Crippen LogP contribution in [-0.2, 0) is 4.79 Å². The van der Waals surface area contributed by atoms with Gasteiger partial charge in [0, 0.05) is 10.9 Å². The highest BCUT2D eigenvalue weighted by Crippen LogP contribution is 2.30. The highest BCUT2D eigenvalue weighted by Gasteiger charge is 2.22. The molecule has 106 valence electrons. The molecule has 1 saturated heterocycles. The molecular formula is C14H10N2O2S3. The van der Waals surface area contributed by atoms with Crippen molar-refractivity contribution in [2.75, 3.05) is 7.11 Å². The predicted octanol–water partition coefficient (Wildman–Crippen LogP) is 3.31. The van der Waals surface area contributed by atoms with Gasteiger partial charge in [0.2, 0.25) is 0 Å². The first-order valence-corrected chi connectivity index (χ1v) is 8.11. The first-order valence-electron chi connectivity index (χ1n) is 6.00. The molecule has 2 aromatic rings. The van der Waals surface area contributed by atoms with Gasteiger partial charge in [0.1, 0.15) is 15.1 Å². The molecule has 0 saturated carbocycles. The van der Waals surface area contributed by atoms with Crippen molar-refractivity contribution in [3.63, 3.8) is 0 Å². The lowest BCUT2D eigenvalue weighted by Gasteiger charge is -2.00. The Bertz CT molecular complexity index is 752. The Morgan fingerprint density at radius 3 is 3.00 bits per heavy atom. The molecule has 0 spiro atoms. The molecule has 1 aliphatic rings. The Morgan fingerprint density at radius 2 is 2.29 bits per heavy atom. The second-order valence-corrected chi connectivity index (χ2v) is 6.74. The molecule has 1 fully saturated rings. The van der Waals surface area contributed by atoms with Gasteiger partial charge in [-0.25, -0.2) is 4.98 Å². The summed E-state index contributed by atoms with van der Waals surface area (Å²) in [5, 5.41) is 5.38. The minimum absolute atomic E-state index is 0.166. The molecule has 0 bridgehead atoms. The molecule has 2 heterocycles. The molecule has 1 aliphatic heterocycles. The lowest BCUT2D eigenvalue weighted by molar-refractivity contribution is -0.115. The molecule has 0 unspecified atom stereocenters. The molecule has 4 nitrogen and oxygen atoms in total. The number of aromatic nitrogens is 1. The second-order valence-electron chi connectivity index (χ2n) is 4.16. The highest BCUT2D eigenvalue weighted by molar-refractivity contribution is 8.26. The maximum Gasteiger partial charge on any atom is 0.263 e. The molecule has 21 heavy (non-hydrogen) atoms. The number of carbonyl (C=O) groups excluding carboxylic acids is 1. The van der Waals surface area contributed by atoms with Crippen LogP contribution in [0.15, 0.2) is 34.6 Å². The fraction of sp³-hybridized carbons (Fsp3) is 0.0714. The third-order valence-electron chi connectivity index (χ3n) is 2.76. The van der Waals surface area contributed by atoms with Gasteiger partial charge in [0.15, 0.2) is 0 Å². The van der Waals surface area contributed by atoms with E-state index in [2.05, 4.69) is 10.3 Å². The summed E-state index contributed by atoms with van der Waals surface area (Å²) in [6.07, 6.45) is 1.75. The van der Waals surface area contributed by atoms with Crippen LogP contribution in [0.1, 0.15) is 5.69 Å². The van der Waals surface area contributed by atoms with Crippen molar-refractivity contribution < 1.29 is 9.53 Å². The maximum absolute atomic E-state index is 11.6. The number of hydrogen-bond donors (Lipinski definition) is 1. The van der Waals surface area contributed by atoms with Crippen LogP contribution in [-0.4, -0.2) is 22.3 Å². The van der Waals surface area contributed by atoms with Gasteiger partial charge in [0.05, 0.1) is 17.7 Å².